The Morgan fingerprint density at radius 2 is 1.93 bits per heavy atom. The number of aromatic nitrogens is 2. The Hall–Kier alpha value is -4.00. The predicted molar refractivity (Wildman–Crippen MR) is 115 cm³/mol. The lowest BCUT2D eigenvalue weighted by atomic mass is 10.0. The quantitative estimate of drug-likeness (QED) is 0.388. The van der Waals surface area contributed by atoms with Gasteiger partial charge in [0.25, 0.3) is 0 Å². The SMILES string of the molecule is COc1ccccc1-c1ccnc(Nc2ccc3c(C)c(C(C)=O)c(=O)oc3c2)n1. The molecule has 30 heavy (non-hydrogen) atoms. The van der Waals surface area contributed by atoms with E-state index >= 15 is 0 Å². The number of carbonyl (C=O) groups is 1. The zero-order valence-electron chi connectivity index (χ0n) is 16.7. The van der Waals surface area contributed by atoms with E-state index in [9.17, 15) is 9.59 Å². The van der Waals surface area contributed by atoms with E-state index in [1.54, 1.807) is 38.4 Å². The lowest BCUT2D eigenvalue weighted by Crippen LogP contribution is -2.14. The Bertz CT molecular complexity index is 1330. The summed E-state index contributed by atoms with van der Waals surface area (Å²) in [7, 11) is 1.61. The van der Waals surface area contributed by atoms with Crippen LogP contribution in [0.25, 0.3) is 22.2 Å². The fourth-order valence-corrected chi connectivity index (χ4v) is 3.40. The number of carbonyl (C=O) groups excluding carboxylic acids is 1. The van der Waals surface area contributed by atoms with Crippen LogP contribution in [0.15, 0.2) is 63.9 Å². The molecule has 2 aromatic heterocycles. The predicted octanol–water partition coefficient (Wildman–Crippen LogP) is 4.51. The number of ether oxygens (including phenoxy) is 1. The van der Waals surface area contributed by atoms with E-state index in [-0.39, 0.29) is 11.3 Å². The number of methoxy groups -OCH3 is 1. The summed E-state index contributed by atoms with van der Waals surface area (Å²) in [6.07, 6.45) is 1.65. The largest absolute Gasteiger partial charge is 0.496 e. The summed E-state index contributed by atoms with van der Waals surface area (Å²) in [4.78, 5) is 32.7. The van der Waals surface area contributed by atoms with E-state index in [1.165, 1.54) is 6.92 Å². The average Bonchev–Trinajstić information content (AvgIpc) is 2.73. The van der Waals surface area contributed by atoms with Crippen LogP contribution in [0.1, 0.15) is 22.8 Å². The molecule has 0 aliphatic heterocycles. The second-order valence-electron chi connectivity index (χ2n) is 6.75. The zero-order valence-corrected chi connectivity index (χ0v) is 16.7. The third-order valence-electron chi connectivity index (χ3n) is 4.81. The van der Waals surface area contributed by atoms with Crippen LogP contribution < -0.4 is 15.7 Å². The number of Topliss-reactive ketones (excluding diaryl/α,β-unsaturated/α-hetero) is 1. The summed E-state index contributed by atoms with van der Waals surface area (Å²) < 4.78 is 10.8. The summed E-state index contributed by atoms with van der Waals surface area (Å²) >= 11 is 0. The van der Waals surface area contributed by atoms with Gasteiger partial charge >= 0.3 is 5.63 Å². The molecule has 0 spiro atoms. The highest BCUT2D eigenvalue weighted by Gasteiger charge is 2.15. The molecule has 0 fully saturated rings. The van der Waals surface area contributed by atoms with Gasteiger partial charge in [0.05, 0.1) is 12.8 Å². The van der Waals surface area contributed by atoms with E-state index in [4.69, 9.17) is 9.15 Å². The lowest BCUT2D eigenvalue weighted by molar-refractivity contribution is 0.101. The minimum absolute atomic E-state index is 0.0797. The molecule has 0 aliphatic carbocycles. The van der Waals surface area contributed by atoms with E-state index in [2.05, 4.69) is 15.3 Å². The smallest absolute Gasteiger partial charge is 0.347 e. The van der Waals surface area contributed by atoms with Crippen LogP contribution in [0.5, 0.6) is 5.75 Å². The van der Waals surface area contributed by atoms with Gasteiger partial charge in [0, 0.05) is 28.9 Å². The molecule has 7 nitrogen and oxygen atoms in total. The van der Waals surface area contributed by atoms with E-state index < -0.39 is 5.63 Å². The third-order valence-corrected chi connectivity index (χ3v) is 4.81. The summed E-state index contributed by atoms with van der Waals surface area (Å²) in [5, 5.41) is 3.83. The Morgan fingerprint density at radius 3 is 2.70 bits per heavy atom. The highest BCUT2D eigenvalue weighted by atomic mass is 16.5. The van der Waals surface area contributed by atoms with Crippen molar-refractivity contribution in [3.63, 3.8) is 0 Å². The Kier molecular flexibility index (Phi) is 5.02. The van der Waals surface area contributed by atoms with Gasteiger partial charge in [-0.25, -0.2) is 14.8 Å². The number of hydrogen-bond donors (Lipinski definition) is 1. The number of para-hydroxylation sites is 1. The van der Waals surface area contributed by atoms with Crippen molar-refractivity contribution >= 4 is 28.4 Å². The molecule has 0 saturated heterocycles. The number of nitrogens with zero attached hydrogens (tertiary/aromatic N) is 2. The minimum atomic E-state index is -0.640. The summed E-state index contributed by atoms with van der Waals surface area (Å²) in [6, 6.07) is 14.7. The maximum absolute atomic E-state index is 12.2. The second kappa shape index (κ2) is 7.79. The first-order valence-corrected chi connectivity index (χ1v) is 9.30. The van der Waals surface area contributed by atoms with Gasteiger partial charge in [-0.05, 0) is 49.7 Å². The highest BCUT2D eigenvalue weighted by Crippen LogP contribution is 2.29. The Labute approximate surface area is 172 Å². The van der Waals surface area contributed by atoms with Crippen LogP contribution in [0.4, 0.5) is 11.6 Å². The number of benzene rings is 2. The minimum Gasteiger partial charge on any atom is -0.496 e. The van der Waals surface area contributed by atoms with Crippen LogP contribution in [0, 0.1) is 6.92 Å². The van der Waals surface area contributed by atoms with E-state index in [0.29, 0.717) is 39.6 Å². The van der Waals surface area contributed by atoms with Crippen molar-refractivity contribution in [3.05, 3.63) is 76.3 Å². The fourth-order valence-electron chi connectivity index (χ4n) is 3.40. The lowest BCUT2D eigenvalue weighted by Gasteiger charge is -2.10. The van der Waals surface area contributed by atoms with Gasteiger partial charge < -0.3 is 14.5 Å². The molecule has 1 N–H and O–H groups in total. The first-order chi connectivity index (χ1) is 14.5. The van der Waals surface area contributed by atoms with Gasteiger partial charge in [-0.15, -0.1) is 0 Å². The number of ketones is 1. The molecule has 0 amide bonds. The number of rotatable bonds is 5. The molecular weight excluding hydrogens is 382 g/mol. The molecule has 2 aromatic carbocycles. The second-order valence-corrected chi connectivity index (χ2v) is 6.75. The number of fused-ring (bicyclic) bond motifs is 1. The molecule has 150 valence electrons. The van der Waals surface area contributed by atoms with Gasteiger partial charge in [-0.1, -0.05) is 12.1 Å². The Morgan fingerprint density at radius 1 is 1.13 bits per heavy atom. The van der Waals surface area contributed by atoms with Crippen molar-refractivity contribution in [3.8, 4) is 17.0 Å². The standard InChI is InChI=1S/C23H19N3O4/c1-13-16-9-8-15(12-20(16)30-22(28)21(13)14(2)27)25-23-24-11-10-18(26-23)17-6-4-5-7-19(17)29-3/h4-12H,1-3H3,(H,24,25,26). The van der Waals surface area contributed by atoms with Gasteiger partial charge in [0.1, 0.15) is 16.9 Å². The van der Waals surface area contributed by atoms with Crippen LogP contribution in [-0.2, 0) is 0 Å². The summed E-state index contributed by atoms with van der Waals surface area (Å²) in [5.74, 6) is 0.787. The zero-order chi connectivity index (χ0) is 21.3. The van der Waals surface area contributed by atoms with Gasteiger partial charge in [-0.3, -0.25) is 4.79 Å². The van der Waals surface area contributed by atoms with Crippen LogP contribution in [-0.4, -0.2) is 22.9 Å². The molecule has 0 radical (unpaired) electrons. The van der Waals surface area contributed by atoms with Gasteiger partial charge in [0.2, 0.25) is 5.95 Å². The molecular formula is C23H19N3O4. The van der Waals surface area contributed by atoms with E-state index in [0.717, 1.165) is 5.56 Å². The van der Waals surface area contributed by atoms with Gasteiger partial charge in [-0.2, -0.15) is 0 Å². The van der Waals surface area contributed by atoms with Gasteiger partial charge in [0.15, 0.2) is 5.78 Å². The van der Waals surface area contributed by atoms with Crippen molar-refractivity contribution in [1.82, 2.24) is 9.97 Å². The number of nitrogens with one attached hydrogen (secondary N) is 1. The van der Waals surface area contributed by atoms with Crippen molar-refractivity contribution < 1.29 is 13.9 Å². The third kappa shape index (κ3) is 3.53. The topological polar surface area (TPSA) is 94.3 Å². The Balaban J connectivity index is 1.70. The number of anilines is 2. The van der Waals surface area contributed by atoms with Crippen molar-refractivity contribution in [1.29, 1.82) is 0 Å². The van der Waals surface area contributed by atoms with Crippen LogP contribution in [0.2, 0.25) is 0 Å². The van der Waals surface area contributed by atoms with E-state index in [1.807, 2.05) is 30.3 Å². The number of hydrogen-bond acceptors (Lipinski definition) is 7. The van der Waals surface area contributed by atoms with Crippen LogP contribution in [0.3, 0.4) is 0 Å². The van der Waals surface area contributed by atoms with Crippen molar-refractivity contribution in [2.24, 2.45) is 0 Å². The number of aryl methyl sites for hydroxylation is 1. The first-order valence-electron chi connectivity index (χ1n) is 9.30. The molecule has 0 aliphatic rings. The van der Waals surface area contributed by atoms with Crippen molar-refractivity contribution in [2.75, 3.05) is 12.4 Å². The highest BCUT2D eigenvalue weighted by molar-refractivity contribution is 5.99. The fraction of sp³-hybridized carbons (Fsp3) is 0.130. The molecule has 4 aromatic rings. The normalized spacial score (nSPS) is 10.8. The molecule has 4 rings (SSSR count). The molecule has 0 bridgehead atoms. The molecule has 0 saturated carbocycles. The maximum Gasteiger partial charge on any atom is 0.347 e. The maximum atomic E-state index is 12.2. The molecule has 2 heterocycles. The first kappa shape index (κ1) is 19.3. The molecule has 0 atom stereocenters. The van der Waals surface area contributed by atoms with Crippen molar-refractivity contribution in [2.45, 2.75) is 13.8 Å². The average molecular weight is 401 g/mol. The molecule has 0 unspecified atom stereocenters. The molecule has 7 heteroatoms. The monoisotopic (exact) mass is 401 g/mol. The van der Waals surface area contributed by atoms with Crippen LogP contribution >= 0.6 is 0 Å². The summed E-state index contributed by atoms with van der Waals surface area (Å²) in [5.41, 5.74) is 2.64. The summed E-state index contributed by atoms with van der Waals surface area (Å²) in [6.45, 7) is 3.09.